The van der Waals surface area contributed by atoms with E-state index in [0.717, 1.165) is 17.1 Å². The van der Waals surface area contributed by atoms with Crippen LogP contribution in [0.5, 0.6) is 11.5 Å². The highest BCUT2D eigenvalue weighted by Gasteiger charge is 2.02. The molecule has 2 aromatic rings. The van der Waals surface area contributed by atoms with Gasteiger partial charge in [-0.3, -0.25) is 4.79 Å². The second-order valence-corrected chi connectivity index (χ2v) is 4.18. The van der Waals surface area contributed by atoms with Gasteiger partial charge in [-0.2, -0.15) is 0 Å². The molecule has 0 spiro atoms. The number of carbonyl (C=O) groups is 1. The highest BCUT2D eigenvalue weighted by Crippen LogP contribution is 2.21. The van der Waals surface area contributed by atoms with Crippen LogP contribution in [0.3, 0.4) is 0 Å². The zero-order valence-corrected chi connectivity index (χ0v) is 10.6. The fourth-order valence-corrected chi connectivity index (χ4v) is 1.67. The molecule has 0 N–H and O–H groups in total. The molecule has 0 aliphatic carbocycles. The number of hydrogen-bond acceptors (Lipinski definition) is 2. The number of alkyl halides is 1. The first kappa shape index (κ1) is 12.7. The van der Waals surface area contributed by atoms with Gasteiger partial charge < -0.3 is 4.74 Å². The number of rotatable bonds is 5. The molecule has 2 nitrogen and oxygen atoms in total. The van der Waals surface area contributed by atoms with Crippen LogP contribution in [0.25, 0.3) is 0 Å². The summed E-state index contributed by atoms with van der Waals surface area (Å²) in [5, 5.41) is 0. The van der Waals surface area contributed by atoms with Crippen molar-refractivity contribution in [3.8, 4) is 11.5 Å². The number of benzene rings is 2. The summed E-state index contributed by atoms with van der Waals surface area (Å²) in [6.07, 6.45) is 0.370. The topological polar surface area (TPSA) is 26.3 Å². The summed E-state index contributed by atoms with van der Waals surface area (Å²) in [5.41, 5.74) is 0.945. The monoisotopic (exact) mass is 260 g/mol. The molecule has 0 aromatic heterocycles. The van der Waals surface area contributed by atoms with Crippen LogP contribution in [0.2, 0.25) is 0 Å². The molecular weight excluding hydrogens is 248 g/mol. The third-order valence-electron chi connectivity index (χ3n) is 2.45. The van der Waals surface area contributed by atoms with Crippen molar-refractivity contribution in [2.75, 3.05) is 5.88 Å². The Morgan fingerprint density at radius 3 is 2.17 bits per heavy atom. The maximum absolute atomic E-state index is 11.2. The molecule has 3 heteroatoms. The summed E-state index contributed by atoms with van der Waals surface area (Å²) < 4.78 is 5.65. The minimum absolute atomic E-state index is 0.0217. The largest absolute Gasteiger partial charge is 0.457 e. The number of Topliss-reactive ketones (excluding diaryl/α,β-unsaturated/α-hetero) is 1. The molecule has 0 heterocycles. The van der Waals surface area contributed by atoms with Gasteiger partial charge in [0.25, 0.3) is 0 Å². The lowest BCUT2D eigenvalue weighted by molar-refractivity contribution is -0.116. The summed E-state index contributed by atoms with van der Waals surface area (Å²) in [6, 6.07) is 17.0. The molecule has 0 unspecified atom stereocenters. The van der Waals surface area contributed by atoms with Crippen molar-refractivity contribution in [2.24, 2.45) is 0 Å². The molecule has 2 rings (SSSR count). The third kappa shape index (κ3) is 3.60. The van der Waals surface area contributed by atoms with E-state index >= 15 is 0 Å². The molecule has 18 heavy (non-hydrogen) atoms. The summed E-state index contributed by atoms with van der Waals surface area (Å²) in [6.45, 7) is 0. The highest BCUT2D eigenvalue weighted by molar-refractivity contribution is 6.27. The van der Waals surface area contributed by atoms with Gasteiger partial charge in [-0.15, -0.1) is 11.6 Å². The smallest absolute Gasteiger partial charge is 0.151 e. The van der Waals surface area contributed by atoms with Crippen LogP contribution in [-0.2, 0) is 11.2 Å². The van der Waals surface area contributed by atoms with Crippen LogP contribution in [0.15, 0.2) is 54.6 Å². The molecule has 0 atom stereocenters. The minimum atomic E-state index is 0.0217. The van der Waals surface area contributed by atoms with Gasteiger partial charge in [-0.05, 0) is 29.8 Å². The van der Waals surface area contributed by atoms with Crippen LogP contribution < -0.4 is 4.74 Å². The van der Waals surface area contributed by atoms with Gasteiger partial charge in [0.15, 0.2) is 5.78 Å². The molecule has 0 aliphatic heterocycles. The van der Waals surface area contributed by atoms with E-state index in [2.05, 4.69) is 0 Å². The van der Waals surface area contributed by atoms with E-state index in [4.69, 9.17) is 16.3 Å². The average Bonchev–Trinajstić information content (AvgIpc) is 2.42. The van der Waals surface area contributed by atoms with Gasteiger partial charge in [-0.1, -0.05) is 30.3 Å². The molecule has 0 saturated heterocycles. The van der Waals surface area contributed by atoms with Crippen LogP contribution in [0, 0.1) is 0 Å². The van der Waals surface area contributed by atoms with Gasteiger partial charge in [0, 0.05) is 6.42 Å². The highest BCUT2D eigenvalue weighted by atomic mass is 35.5. The molecule has 0 bridgehead atoms. The Morgan fingerprint density at radius 1 is 0.944 bits per heavy atom. The number of para-hydroxylation sites is 1. The Morgan fingerprint density at radius 2 is 1.56 bits per heavy atom. The van der Waals surface area contributed by atoms with Gasteiger partial charge in [-0.25, -0.2) is 0 Å². The van der Waals surface area contributed by atoms with E-state index in [-0.39, 0.29) is 11.7 Å². The average molecular weight is 261 g/mol. The molecule has 2 aromatic carbocycles. The van der Waals surface area contributed by atoms with Crippen molar-refractivity contribution >= 4 is 17.4 Å². The Labute approximate surface area is 111 Å². The van der Waals surface area contributed by atoms with Crippen LogP contribution in [-0.4, -0.2) is 11.7 Å². The van der Waals surface area contributed by atoms with Crippen LogP contribution in [0.1, 0.15) is 5.56 Å². The predicted octanol–water partition coefficient (Wildman–Crippen LogP) is 3.83. The Balaban J connectivity index is 2.02. The lowest BCUT2D eigenvalue weighted by atomic mass is 10.1. The maximum atomic E-state index is 11.2. The molecule has 92 valence electrons. The normalized spacial score (nSPS) is 10.1. The standard InChI is InChI=1S/C15H13ClO2/c16-11-13(17)10-12-6-8-15(9-7-12)18-14-4-2-1-3-5-14/h1-9H,10-11H2. The molecular formula is C15H13ClO2. The first-order chi connectivity index (χ1) is 8.78. The number of hydrogen-bond donors (Lipinski definition) is 0. The third-order valence-corrected chi connectivity index (χ3v) is 2.75. The quantitative estimate of drug-likeness (QED) is 0.764. The number of ether oxygens (including phenoxy) is 1. The van der Waals surface area contributed by atoms with Crippen molar-refractivity contribution < 1.29 is 9.53 Å². The van der Waals surface area contributed by atoms with Gasteiger partial charge >= 0.3 is 0 Å². The lowest BCUT2D eigenvalue weighted by Crippen LogP contribution is -2.03. The first-order valence-electron chi connectivity index (χ1n) is 5.67. The second kappa shape index (κ2) is 6.22. The second-order valence-electron chi connectivity index (χ2n) is 3.91. The Bertz CT molecular complexity index is 506. The van der Waals surface area contributed by atoms with E-state index < -0.39 is 0 Å². The van der Waals surface area contributed by atoms with Gasteiger partial charge in [0.1, 0.15) is 11.5 Å². The summed E-state index contributed by atoms with van der Waals surface area (Å²) >= 11 is 5.47. The van der Waals surface area contributed by atoms with Gasteiger partial charge in [0.2, 0.25) is 0 Å². The van der Waals surface area contributed by atoms with Crippen molar-refractivity contribution in [1.82, 2.24) is 0 Å². The van der Waals surface area contributed by atoms with Crippen molar-refractivity contribution in [2.45, 2.75) is 6.42 Å². The van der Waals surface area contributed by atoms with Crippen LogP contribution >= 0.6 is 11.6 Å². The molecule has 0 amide bonds. The fourth-order valence-electron chi connectivity index (χ4n) is 1.57. The number of halogens is 1. The molecule has 0 aliphatic rings. The number of carbonyl (C=O) groups excluding carboxylic acids is 1. The first-order valence-corrected chi connectivity index (χ1v) is 6.21. The molecule has 0 saturated carbocycles. The van der Waals surface area contributed by atoms with E-state index in [9.17, 15) is 4.79 Å². The summed E-state index contributed by atoms with van der Waals surface area (Å²) in [5.74, 6) is 1.63. The Kier molecular flexibility index (Phi) is 4.37. The molecule has 0 fully saturated rings. The maximum Gasteiger partial charge on any atom is 0.151 e. The minimum Gasteiger partial charge on any atom is -0.457 e. The summed E-state index contributed by atoms with van der Waals surface area (Å²) in [4.78, 5) is 11.2. The van der Waals surface area contributed by atoms with Gasteiger partial charge in [0.05, 0.1) is 5.88 Å². The molecule has 0 radical (unpaired) electrons. The SMILES string of the molecule is O=C(CCl)Cc1ccc(Oc2ccccc2)cc1. The Hall–Kier alpha value is -1.80. The zero-order valence-electron chi connectivity index (χ0n) is 9.80. The number of ketones is 1. The zero-order chi connectivity index (χ0) is 12.8. The van der Waals surface area contributed by atoms with Crippen molar-refractivity contribution in [3.05, 3.63) is 60.2 Å². The predicted molar refractivity (Wildman–Crippen MR) is 72.4 cm³/mol. The van der Waals surface area contributed by atoms with E-state index in [0.29, 0.717) is 6.42 Å². The van der Waals surface area contributed by atoms with E-state index in [1.165, 1.54) is 0 Å². The lowest BCUT2D eigenvalue weighted by Gasteiger charge is -2.06. The van der Waals surface area contributed by atoms with Crippen molar-refractivity contribution in [3.63, 3.8) is 0 Å². The van der Waals surface area contributed by atoms with Crippen molar-refractivity contribution in [1.29, 1.82) is 0 Å². The summed E-state index contributed by atoms with van der Waals surface area (Å²) in [7, 11) is 0. The fraction of sp³-hybridized carbons (Fsp3) is 0.133. The van der Waals surface area contributed by atoms with E-state index in [1.807, 2.05) is 54.6 Å². The van der Waals surface area contributed by atoms with Crippen LogP contribution in [0.4, 0.5) is 0 Å². The van der Waals surface area contributed by atoms with E-state index in [1.54, 1.807) is 0 Å².